The number of carbonyl (C=O) groups is 3. The van der Waals surface area contributed by atoms with E-state index in [4.69, 9.17) is 15.2 Å². The van der Waals surface area contributed by atoms with E-state index in [1.807, 2.05) is 31.2 Å². The first-order valence-electron chi connectivity index (χ1n) is 9.04. The third-order valence-corrected chi connectivity index (χ3v) is 5.65. The van der Waals surface area contributed by atoms with Crippen LogP contribution in [0.2, 0.25) is 0 Å². The van der Waals surface area contributed by atoms with E-state index in [0.717, 1.165) is 35.3 Å². The van der Waals surface area contributed by atoms with Crippen molar-refractivity contribution in [2.24, 2.45) is 5.73 Å². The Balaban J connectivity index is 1.45. The minimum Gasteiger partial charge on any atom is -0.493 e. The summed E-state index contributed by atoms with van der Waals surface area (Å²) in [6, 6.07) is 7.49. The van der Waals surface area contributed by atoms with Crippen LogP contribution >= 0.6 is 11.3 Å². The van der Waals surface area contributed by atoms with Crippen LogP contribution in [0.3, 0.4) is 0 Å². The van der Waals surface area contributed by atoms with Crippen LogP contribution in [0.5, 0.6) is 5.75 Å². The van der Waals surface area contributed by atoms with Crippen molar-refractivity contribution in [3.8, 4) is 5.75 Å². The number of hydrogen-bond donors (Lipinski definition) is 2. The molecule has 8 heteroatoms. The third-order valence-electron chi connectivity index (χ3n) is 4.44. The molecule has 0 saturated carbocycles. The van der Waals surface area contributed by atoms with Crippen LogP contribution < -0.4 is 15.8 Å². The second kappa shape index (κ2) is 8.88. The molecule has 1 aliphatic carbocycles. The molecule has 7 nitrogen and oxygen atoms in total. The van der Waals surface area contributed by atoms with Gasteiger partial charge in [0.25, 0.3) is 11.8 Å². The number of thiophene rings is 1. The molecule has 0 spiro atoms. The number of hydrogen-bond acceptors (Lipinski definition) is 6. The van der Waals surface area contributed by atoms with Crippen molar-refractivity contribution in [2.75, 3.05) is 18.5 Å². The summed E-state index contributed by atoms with van der Waals surface area (Å²) < 4.78 is 10.5. The van der Waals surface area contributed by atoms with E-state index >= 15 is 0 Å². The molecule has 0 saturated heterocycles. The molecule has 28 heavy (non-hydrogen) atoms. The van der Waals surface area contributed by atoms with Crippen molar-refractivity contribution >= 4 is 34.1 Å². The number of esters is 1. The quantitative estimate of drug-likeness (QED) is 0.660. The van der Waals surface area contributed by atoms with E-state index in [-0.39, 0.29) is 13.0 Å². The van der Waals surface area contributed by atoms with Crippen LogP contribution in [-0.2, 0) is 27.2 Å². The molecule has 3 N–H and O–H groups in total. The number of nitrogens with one attached hydrogen (secondary N) is 1. The normalized spacial score (nSPS) is 12.3. The minimum absolute atomic E-state index is 0.0292. The highest BCUT2D eigenvalue weighted by Gasteiger charge is 2.26. The molecule has 0 fully saturated rings. The van der Waals surface area contributed by atoms with E-state index < -0.39 is 24.4 Å². The number of benzene rings is 1. The van der Waals surface area contributed by atoms with Crippen LogP contribution in [-0.4, -0.2) is 31.0 Å². The highest BCUT2D eigenvalue weighted by atomic mass is 32.1. The van der Waals surface area contributed by atoms with Gasteiger partial charge in [0.1, 0.15) is 10.8 Å². The maximum atomic E-state index is 12.1. The van der Waals surface area contributed by atoms with Crippen molar-refractivity contribution in [1.82, 2.24) is 0 Å². The van der Waals surface area contributed by atoms with Gasteiger partial charge in [-0.2, -0.15) is 0 Å². The van der Waals surface area contributed by atoms with Crippen LogP contribution in [0.25, 0.3) is 0 Å². The number of amides is 2. The van der Waals surface area contributed by atoms with E-state index in [1.54, 1.807) is 0 Å². The van der Waals surface area contributed by atoms with Gasteiger partial charge in [-0.3, -0.25) is 14.4 Å². The molecular formula is C20H22N2O5S. The van der Waals surface area contributed by atoms with Gasteiger partial charge in [0.15, 0.2) is 6.61 Å². The smallest absolute Gasteiger partial charge is 0.309 e. The summed E-state index contributed by atoms with van der Waals surface area (Å²) >= 11 is 1.36. The van der Waals surface area contributed by atoms with Gasteiger partial charge in [-0.15, -0.1) is 11.3 Å². The summed E-state index contributed by atoms with van der Waals surface area (Å²) in [5.41, 5.74) is 7.74. The predicted molar refractivity (Wildman–Crippen MR) is 106 cm³/mol. The number of anilines is 1. The SMILES string of the molecule is Cc1ccccc1OCCC(=O)OCC(=O)Nc1sc2c(c1C(N)=O)CCC2. The fourth-order valence-electron chi connectivity index (χ4n) is 3.10. The summed E-state index contributed by atoms with van der Waals surface area (Å²) in [4.78, 5) is 36.7. The lowest BCUT2D eigenvalue weighted by atomic mass is 10.1. The molecular weight excluding hydrogens is 380 g/mol. The lowest BCUT2D eigenvalue weighted by Crippen LogP contribution is -2.23. The minimum atomic E-state index is -0.556. The Kier molecular flexibility index (Phi) is 6.30. The average molecular weight is 402 g/mol. The highest BCUT2D eigenvalue weighted by molar-refractivity contribution is 7.17. The zero-order chi connectivity index (χ0) is 20.1. The van der Waals surface area contributed by atoms with Crippen LogP contribution in [0.1, 0.15) is 39.2 Å². The van der Waals surface area contributed by atoms with E-state index in [2.05, 4.69) is 5.32 Å². The fourth-order valence-corrected chi connectivity index (χ4v) is 4.41. The van der Waals surface area contributed by atoms with Gasteiger partial charge < -0.3 is 20.5 Å². The molecule has 1 aromatic heterocycles. The van der Waals surface area contributed by atoms with E-state index in [0.29, 0.717) is 16.3 Å². The Bertz CT molecular complexity index is 906. The molecule has 2 aromatic rings. The Hall–Kier alpha value is -2.87. The molecule has 0 aliphatic heterocycles. The van der Waals surface area contributed by atoms with Gasteiger partial charge in [0, 0.05) is 4.88 Å². The van der Waals surface area contributed by atoms with Gasteiger partial charge in [-0.1, -0.05) is 18.2 Å². The van der Waals surface area contributed by atoms with Crippen LogP contribution in [0.15, 0.2) is 24.3 Å². The second-order valence-corrected chi connectivity index (χ2v) is 7.60. The van der Waals surface area contributed by atoms with Crippen LogP contribution in [0.4, 0.5) is 5.00 Å². The number of rotatable bonds is 8. The average Bonchev–Trinajstić information content (AvgIpc) is 3.22. The number of fused-ring (bicyclic) bond motifs is 1. The van der Waals surface area contributed by atoms with E-state index in [1.165, 1.54) is 11.3 Å². The molecule has 0 bridgehead atoms. The number of para-hydroxylation sites is 1. The Morgan fingerprint density at radius 2 is 2.00 bits per heavy atom. The molecule has 0 radical (unpaired) electrons. The van der Waals surface area contributed by atoms with E-state index in [9.17, 15) is 14.4 Å². The van der Waals surface area contributed by atoms with Gasteiger partial charge in [-0.25, -0.2) is 0 Å². The lowest BCUT2D eigenvalue weighted by molar-refractivity contribution is -0.147. The monoisotopic (exact) mass is 402 g/mol. The maximum Gasteiger partial charge on any atom is 0.309 e. The predicted octanol–water partition coefficient (Wildman–Crippen LogP) is 2.59. The topological polar surface area (TPSA) is 108 Å². The maximum absolute atomic E-state index is 12.1. The Morgan fingerprint density at radius 3 is 2.75 bits per heavy atom. The first-order valence-corrected chi connectivity index (χ1v) is 9.85. The van der Waals surface area contributed by atoms with Crippen molar-refractivity contribution < 1.29 is 23.9 Å². The van der Waals surface area contributed by atoms with Crippen molar-refractivity contribution in [3.63, 3.8) is 0 Å². The first-order chi connectivity index (χ1) is 13.5. The number of primary amides is 1. The third kappa shape index (κ3) is 4.69. The summed E-state index contributed by atoms with van der Waals surface area (Å²) in [5.74, 6) is -0.888. The summed E-state index contributed by atoms with van der Waals surface area (Å²) in [6.45, 7) is 1.65. The molecule has 2 amide bonds. The van der Waals surface area contributed by atoms with Crippen molar-refractivity contribution in [2.45, 2.75) is 32.6 Å². The fraction of sp³-hybridized carbons (Fsp3) is 0.350. The number of carbonyl (C=O) groups excluding carboxylic acids is 3. The molecule has 1 aliphatic rings. The summed E-state index contributed by atoms with van der Waals surface area (Å²) in [6.07, 6.45) is 2.68. The standard InChI is InChI=1S/C20H22N2O5S/c1-12-5-2-3-7-14(12)26-10-9-17(24)27-11-16(23)22-20-18(19(21)25)13-6-4-8-15(13)28-20/h2-3,5,7H,4,6,8-11H2,1H3,(H2,21,25)(H,22,23). The molecule has 148 valence electrons. The molecule has 0 atom stereocenters. The highest BCUT2D eigenvalue weighted by Crippen LogP contribution is 2.38. The number of aryl methyl sites for hydroxylation is 2. The number of ether oxygens (including phenoxy) is 2. The first kappa shape index (κ1) is 19.9. The molecule has 0 unspecified atom stereocenters. The zero-order valence-electron chi connectivity index (χ0n) is 15.6. The molecule has 1 aromatic carbocycles. The summed E-state index contributed by atoms with van der Waals surface area (Å²) in [7, 11) is 0. The summed E-state index contributed by atoms with van der Waals surface area (Å²) in [5, 5.41) is 3.07. The number of nitrogens with two attached hydrogens (primary N) is 1. The Morgan fingerprint density at radius 1 is 1.21 bits per heavy atom. The van der Waals surface area contributed by atoms with Gasteiger partial charge >= 0.3 is 5.97 Å². The van der Waals surface area contributed by atoms with Crippen molar-refractivity contribution in [1.29, 1.82) is 0 Å². The van der Waals surface area contributed by atoms with Crippen molar-refractivity contribution in [3.05, 3.63) is 45.8 Å². The lowest BCUT2D eigenvalue weighted by Gasteiger charge is -2.09. The Labute approximate surface area is 166 Å². The zero-order valence-corrected chi connectivity index (χ0v) is 16.4. The van der Waals surface area contributed by atoms with Gasteiger partial charge in [-0.05, 0) is 43.4 Å². The van der Waals surface area contributed by atoms with Crippen LogP contribution in [0, 0.1) is 6.92 Å². The van der Waals surface area contributed by atoms with Gasteiger partial charge in [0.2, 0.25) is 0 Å². The second-order valence-electron chi connectivity index (χ2n) is 6.50. The molecule has 3 rings (SSSR count). The van der Waals surface area contributed by atoms with Gasteiger partial charge in [0.05, 0.1) is 18.6 Å². The molecule has 1 heterocycles. The largest absolute Gasteiger partial charge is 0.493 e.